The summed E-state index contributed by atoms with van der Waals surface area (Å²) in [5.41, 5.74) is 1.53. The number of hydrogen-bond donors (Lipinski definition) is 0. The summed E-state index contributed by atoms with van der Waals surface area (Å²) in [5.74, 6) is -0.0255. The Balaban J connectivity index is 2.38. The summed E-state index contributed by atoms with van der Waals surface area (Å²) >= 11 is 1.66. The Morgan fingerprint density at radius 1 is 1.50 bits per heavy atom. The highest BCUT2D eigenvalue weighted by atomic mass is 32.1. The van der Waals surface area contributed by atoms with E-state index in [4.69, 9.17) is 0 Å². The summed E-state index contributed by atoms with van der Waals surface area (Å²) in [7, 11) is 1.79. The number of carbonyl (C=O) groups is 1. The van der Waals surface area contributed by atoms with Crippen molar-refractivity contribution in [2.75, 3.05) is 13.6 Å². The molecule has 2 aromatic heterocycles. The SMILES string of the molecule is CCN(C)C(=O)c1cc(-c2cccs2)n(CC)n1. The van der Waals surface area contributed by atoms with E-state index in [1.54, 1.807) is 23.3 Å². The van der Waals surface area contributed by atoms with Crippen LogP contribution in [0.3, 0.4) is 0 Å². The molecule has 0 aromatic carbocycles. The van der Waals surface area contributed by atoms with E-state index in [0.29, 0.717) is 12.2 Å². The molecule has 0 spiro atoms. The van der Waals surface area contributed by atoms with Crippen LogP contribution in [0, 0.1) is 0 Å². The van der Waals surface area contributed by atoms with E-state index in [0.717, 1.165) is 17.1 Å². The van der Waals surface area contributed by atoms with Gasteiger partial charge in [0.05, 0.1) is 10.6 Å². The average molecular weight is 263 g/mol. The van der Waals surface area contributed by atoms with Gasteiger partial charge in [0.1, 0.15) is 0 Å². The van der Waals surface area contributed by atoms with E-state index in [9.17, 15) is 4.79 Å². The molecule has 0 unspecified atom stereocenters. The van der Waals surface area contributed by atoms with Gasteiger partial charge in [0.15, 0.2) is 5.69 Å². The zero-order valence-electron chi connectivity index (χ0n) is 10.9. The van der Waals surface area contributed by atoms with Crippen LogP contribution in [0.2, 0.25) is 0 Å². The van der Waals surface area contributed by atoms with Gasteiger partial charge in [-0.25, -0.2) is 0 Å². The fraction of sp³-hybridized carbons (Fsp3) is 0.385. The standard InChI is InChI=1S/C13H17N3OS/c1-4-15(3)13(17)10-9-11(16(5-2)14-10)12-7-6-8-18-12/h6-9H,4-5H2,1-3H3. The van der Waals surface area contributed by atoms with E-state index in [2.05, 4.69) is 5.10 Å². The molecule has 0 atom stereocenters. The molecule has 5 heteroatoms. The lowest BCUT2D eigenvalue weighted by molar-refractivity contribution is 0.0796. The molecule has 0 radical (unpaired) electrons. The van der Waals surface area contributed by atoms with Crippen molar-refractivity contribution < 1.29 is 4.79 Å². The van der Waals surface area contributed by atoms with Gasteiger partial charge in [-0.15, -0.1) is 11.3 Å². The van der Waals surface area contributed by atoms with Gasteiger partial charge in [-0.3, -0.25) is 9.48 Å². The second-order valence-corrected chi connectivity index (χ2v) is 4.97. The number of amides is 1. The number of carbonyl (C=O) groups excluding carboxylic acids is 1. The van der Waals surface area contributed by atoms with Crippen LogP contribution in [0.5, 0.6) is 0 Å². The van der Waals surface area contributed by atoms with Gasteiger partial charge in [-0.2, -0.15) is 5.10 Å². The van der Waals surface area contributed by atoms with Gasteiger partial charge in [-0.1, -0.05) is 6.07 Å². The molecule has 96 valence electrons. The second kappa shape index (κ2) is 5.35. The molecule has 2 heterocycles. The molecule has 0 aliphatic heterocycles. The molecule has 0 saturated heterocycles. The summed E-state index contributed by atoms with van der Waals surface area (Å²) in [6, 6.07) is 5.93. The zero-order chi connectivity index (χ0) is 13.1. The minimum absolute atomic E-state index is 0.0255. The second-order valence-electron chi connectivity index (χ2n) is 4.03. The van der Waals surface area contributed by atoms with E-state index in [1.807, 2.05) is 42.1 Å². The number of nitrogens with zero attached hydrogens (tertiary/aromatic N) is 3. The van der Waals surface area contributed by atoms with Crippen molar-refractivity contribution in [3.8, 4) is 10.6 Å². The van der Waals surface area contributed by atoms with Crippen molar-refractivity contribution in [3.05, 3.63) is 29.3 Å². The molecule has 1 amide bonds. The largest absolute Gasteiger partial charge is 0.341 e. The molecule has 2 rings (SSSR count). The molecule has 18 heavy (non-hydrogen) atoms. The maximum Gasteiger partial charge on any atom is 0.274 e. The third-order valence-electron chi connectivity index (χ3n) is 2.89. The minimum atomic E-state index is -0.0255. The molecule has 0 bridgehead atoms. The summed E-state index contributed by atoms with van der Waals surface area (Å²) in [5, 5.41) is 6.42. The van der Waals surface area contributed by atoms with Crippen LogP contribution in [0.4, 0.5) is 0 Å². The first-order valence-electron chi connectivity index (χ1n) is 6.04. The Hall–Kier alpha value is -1.62. The third kappa shape index (κ3) is 2.31. The Labute approximate surface area is 111 Å². The molecular formula is C13H17N3OS. The third-order valence-corrected chi connectivity index (χ3v) is 3.79. The van der Waals surface area contributed by atoms with Crippen LogP contribution < -0.4 is 0 Å². The molecule has 4 nitrogen and oxygen atoms in total. The highest BCUT2D eigenvalue weighted by Gasteiger charge is 2.17. The first kappa shape index (κ1) is 12.8. The van der Waals surface area contributed by atoms with Gasteiger partial charge in [0, 0.05) is 20.1 Å². The monoisotopic (exact) mass is 263 g/mol. The number of aryl methyl sites for hydroxylation is 1. The lowest BCUT2D eigenvalue weighted by atomic mass is 10.3. The Bertz CT molecular complexity index is 530. The van der Waals surface area contributed by atoms with Crippen LogP contribution in [-0.4, -0.2) is 34.2 Å². The quantitative estimate of drug-likeness (QED) is 0.850. The van der Waals surface area contributed by atoms with Crippen molar-refractivity contribution >= 4 is 17.2 Å². The number of aromatic nitrogens is 2. The number of rotatable bonds is 4. The van der Waals surface area contributed by atoms with Gasteiger partial charge >= 0.3 is 0 Å². The average Bonchev–Trinajstić information content (AvgIpc) is 3.04. The minimum Gasteiger partial charge on any atom is -0.341 e. The van der Waals surface area contributed by atoms with Crippen LogP contribution in [0.1, 0.15) is 24.3 Å². The van der Waals surface area contributed by atoms with Gasteiger partial charge in [0.25, 0.3) is 5.91 Å². The Kier molecular flexibility index (Phi) is 3.81. The van der Waals surface area contributed by atoms with E-state index < -0.39 is 0 Å². The van der Waals surface area contributed by atoms with Crippen LogP contribution in [0.25, 0.3) is 10.6 Å². The van der Waals surface area contributed by atoms with Gasteiger partial charge < -0.3 is 4.90 Å². The molecule has 0 aliphatic carbocycles. The molecule has 0 aliphatic rings. The summed E-state index contributed by atoms with van der Waals surface area (Å²) < 4.78 is 1.88. The van der Waals surface area contributed by atoms with Crippen molar-refractivity contribution in [2.24, 2.45) is 0 Å². The lowest BCUT2D eigenvalue weighted by Gasteiger charge is -2.11. The maximum atomic E-state index is 12.1. The Morgan fingerprint density at radius 3 is 2.83 bits per heavy atom. The topological polar surface area (TPSA) is 38.1 Å². The first-order chi connectivity index (χ1) is 8.67. The van der Waals surface area contributed by atoms with Gasteiger partial charge in [-0.05, 0) is 31.4 Å². The van der Waals surface area contributed by atoms with Gasteiger partial charge in [0.2, 0.25) is 0 Å². The fourth-order valence-electron chi connectivity index (χ4n) is 1.72. The Morgan fingerprint density at radius 2 is 2.28 bits per heavy atom. The summed E-state index contributed by atoms with van der Waals surface area (Å²) in [6.07, 6.45) is 0. The first-order valence-corrected chi connectivity index (χ1v) is 6.92. The normalized spacial score (nSPS) is 10.6. The van der Waals surface area contributed by atoms with E-state index >= 15 is 0 Å². The van der Waals surface area contributed by atoms with Crippen LogP contribution in [0.15, 0.2) is 23.6 Å². The predicted octanol–water partition coefficient (Wildman–Crippen LogP) is 2.72. The fourth-order valence-corrected chi connectivity index (χ4v) is 2.47. The maximum absolute atomic E-state index is 12.1. The lowest BCUT2D eigenvalue weighted by Crippen LogP contribution is -2.26. The van der Waals surface area contributed by atoms with E-state index in [-0.39, 0.29) is 5.91 Å². The van der Waals surface area contributed by atoms with Crippen LogP contribution in [-0.2, 0) is 6.54 Å². The highest BCUT2D eigenvalue weighted by Crippen LogP contribution is 2.25. The number of thiophene rings is 1. The summed E-state index contributed by atoms with van der Waals surface area (Å²) in [4.78, 5) is 14.9. The van der Waals surface area contributed by atoms with Crippen LogP contribution >= 0.6 is 11.3 Å². The smallest absolute Gasteiger partial charge is 0.274 e. The van der Waals surface area contributed by atoms with Crippen molar-refractivity contribution in [1.29, 1.82) is 0 Å². The molecule has 2 aromatic rings. The zero-order valence-corrected chi connectivity index (χ0v) is 11.7. The molecular weight excluding hydrogens is 246 g/mol. The number of hydrogen-bond acceptors (Lipinski definition) is 3. The van der Waals surface area contributed by atoms with Crippen molar-refractivity contribution in [2.45, 2.75) is 20.4 Å². The molecule has 0 fully saturated rings. The predicted molar refractivity (Wildman–Crippen MR) is 73.8 cm³/mol. The van der Waals surface area contributed by atoms with Crippen molar-refractivity contribution in [3.63, 3.8) is 0 Å². The molecule has 0 saturated carbocycles. The highest BCUT2D eigenvalue weighted by molar-refractivity contribution is 7.13. The molecule has 0 N–H and O–H groups in total. The van der Waals surface area contributed by atoms with E-state index in [1.165, 1.54) is 0 Å². The van der Waals surface area contributed by atoms with Crippen molar-refractivity contribution in [1.82, 2.24) is 14.7 Å². The summed E-state index contributed by atoms with van der Waals surface area (Å²) in [6.45, 7) is 5.43.